The molecule has 0 aromatic heterocycles. The number of hydrogen-bond donors (Lipinski definition) is 2. The lowest BCUT2D eigenvalue weighted by Gasteiger charge is -2.50. The Kier molecular flexibility index (Phi) is 8.60. The summed E-state index contributed by atoms with van der Waals surface area (Å²) in [6.45, 7) is 3.03. The van der Waals surface area contributed by atoms with Gasteiger partial charge in [0.05, 0.1) is 42.0 Å². The summed E-state index contributed by atoms with van der Waals surface area (Å²) in [5, 5.41) is 10.2. The van der Waals surface area contributed by atoms with Crippen molar-refractivity contribution >= 4 is 5.91 Å². The summed E-state index contributed by atoms with van der Waals surface area (Å²) in [6, 6.07) is 10.4. The molecule has 1 aliphatic rings. The number of nitrogens with zero attached hydrogens (tertiary/aromatic N) is 1. The average molecular weight is 533 g/mol. The largest absolute Gasteiger partial charge is 0.416 e. The van der Waals surface area contributed by atoms with Crippen LogP contribution < -0.4 is 5.73 Å². The number of carbonyl (C=O) groups excluding carboxylic acids is 1. The summed E-state index contributed by atoms with van der Waals surface area (Å²) in [4.78, 5) is 13.7. The summed E-state index contributed by atoms with van der Waals surface area (Å²) in [5.41, 5.74) is 2.22. The number of aliphatic hydroxyl groups excluding tert-OH is 1. The van der Waals surface area contributed by atoms with Gasteiger partial charge in [-0.15, -0.1) is 0 Å². The Morgan fingerprint density at radius 1 is 1.08 bits per heavy atom. The van der Waals surface area contributed by atoms with E-state index in [1.165, 1.54) is 6.92 Å². The highest BCUT2D eigenvalue weighted by atomic mass is 19.4. The molecule has 1 aliphatic heterocycles. The van der Waals surface area contributed by atoms with Gasteiger partial charge in [-0.3, -0.25) is 9.69 Å². The van der Waals surface area contributed by atoms with Gasteiger partial charge in [0.2, 0.25) is 5.91 Å². The van der Waals surface area contributed by atoms with Crippen molar-refractivity contribution < 1.29 is 41.0 Å². The molecular formula is C26H30F6N2O3. The topological polar surface area (TPSA) is 75.8 Å². The van der Waals surface area contributed by atoms with Crippen LogP contribution in [-0.2, 0) is 27.4 Å². The monoisotopic (exact) mass is 532 g/mol. The summed E-state index contributed by atoms with van der Waals surface area (Å²) in [7, 11) is 0. The SMILES string of the molecule is CC(O)[C@H]1CC[C@@](CO[C@H](C)c2cc(C(F)(F)F)cc(C(F)(F)F)c2)(c2ccccc2)N(CC(N)=O)C1. The second-order valence-corrected chi connectivity index (χ2v) is 9.58. The molecule has 4 atom stereocenters. The molecule has 1 amide bonds. The number of aliphatic hydroxyl groups is 1. The number of amides is 1. The van der Waals surface area contributed by atoms with Crippen molar-refractivity contribution in [3.63, 3.8) is 0 Å². The lowest BCUT2D eigenvalue weighted by Crippen LogP contribution is -2.58. The fourth-order valence-electron chi connectivity index (χ4n) is 4.82. The molecule has 0 saturated carbocycles. The van der Waals surface area contributed by atoms with Crippen LogP contribution in [-0.4, -0.2) is 41.7 Å². The number of primary amides is 1. The molecule has 2 aromatic rings. The first kappa shape index (κ1) is 28.9. The maximum Gasteiger partial charge on any atom is 0.416 e. The van der Waals surface area contributed by atoms with E-state index in [2.05, 4.69) is 0 Å². The zero-order chi connectivity index (χ0) is 27.6. The van der Waals surface area contributed by atoms with Crippen LogP contribution in [0.15, 0.2) is 48.5 Å². The third kappa shape index (κ3) is 6.82. The van der Waals surface area contributed by atoms with Gasteiger partial charge in [-0.25, -0.2) is 0 Å². The van der Waals surface area contributed by atoms with Crippen LogP contribution in [0.3, 0.4) is 0 Å². The number of likely N-dealkylation sites (tertiary alicyclic amines) is 1. The first-order valence-electron chi connectivity index (χ1n) is 11.8. The Bertz CT molecular complexity index is 1040. The van der Waals surface area contributed by atoms with Crippen LogP contribution in [0.25, 0.3) is 0 Å². The van der Waals surface area contributed by atoms with Crippen molar-refractivity contribution in [2.24, 2.45) is 11.7 Å². The molecule has 0 radical (unpaired) electrons. The fourth-order valence-corrected chi connectivity index (χ4v) is 4.82. The minimum absolute atomic E-state index is 0.0770. The van der Waals surface area contributed by atoms with Crippen molar-refractivity contribution in [2.75, 3.05) is 19.7 Å². The van der Waals surface area contributed by atoms with E-state index in [-0.39, 0.29) is 30.7 Å². The number of benzene rings is 2. The molecule has 3 N–H and O–H groups in total. The third-order valence-corrected chi connectivity index (χ3v) is 6.98. The summed E-state index contributed by atoms with van der Waals surface area (Å²) < 4.78 is 86.1. The third-order valence-electron chi connectivity index (χ3n) is 6.98. The molecule has 204 valence electrons. The minimum Gasteiger partial charge on any atom is -0.393 e. The number of rotatable bonds is 8. The van der Waals surface area contributed by atoms with Crippen molar-refractivity contribution in [1.82, 2.24) is 4.90 Å². The van der Waals surface area contributed by atoms with Crippen LogP contribution in [0.4, 0.5) is 26.3 Å². The molecule has 0 aliphatic carbocycles. The number of ether oxygens (including phenoxy) is 1. The van der Waals surface area contributed by atoms with Gasteiger partial charge in [0.25, 0.3) is 0 Å². The molecule has 1 heterocycles. The zero-order valence-corrected chi connectivity index (χ0v) is 20.4. The van der Waals surface area contributed by atoms with E-state index in [9.17, 15) is 36.2 Å². The summed E-state index contributed by atoms with van der Waals surface area (Å²) in [6.07, 6.45) is -10.8. The highest BCUT2D eigenvalue weighted by Crippen LogP contribution is 2.42. The van der Waals surface area contributed by atoms with Crippen LogP contribution in [0.1, 0.15) is 55.0 Å². The molecule has 5 nitrogen and oxygen atoms in total. The molecule has 1 fully saturated rings. The van der Waals surface area contributed by atoms with Crippen molar-refractivity contribution in [3.8, 4) is 0 Å². The van der Waals surface area contributed by atoms with E-state index < -0.39 is 47.1 Å². The number of hydrogen-bond acceptors (Lipinski definition) is 4. The van der Waals surface area contributed by atoms with E-state index in [0.717, 1.165) is 5.56 Å². The number of nitrogens with two attached hydrogens (primary N) is 1. The predicted octanol–water partition coefficient (Wildman–Crippen LogP) is 5.28. The van der Waals surface area contributed by atoms with Crippen LogP contribution >= 0.6 is 0 Å². The molecule has 11 heteroatoms. The van der Waals surface area contributed by atoms with E-state index in [4.69, 9.17) is 10.5 Å². The Morgan fingerprint density at radius 2 is 1.65 bits per heavy atom. The van der Waals surface area contributed by atoms with Crippen molar-refractivity contribution in [1.29, 1.82) is 0 Å². The molecular weight excluding hydrogens is 502 g/mol. The van der Waals surface area contributed by atoms with Gasteiger partial charge >= 0.3 is 12.4 Å². The van der Waals surface area contributed by atoms with Gasteiger partial charge in [-0.1, -0.05) is 30.3 Å². The molecule has 0 spiro atoms. The Hall–Kier alpha value is -2.63. The lowest BCUT2D eigenvalue weighted by molar-refractivity contribution is -0.143. The van der Waals surface area contributed by atoms with Gasteiger partial charge in [0.15, 0.2) is 0 Å². The van der Waals surface area contributed by atoms with E-state index in [1.807, 2.05) is 12.1 Å². The first-order valence-corrected chi connectivity index (χ1v) is 11.8. The predicted molar refractivity (Wildman–Crippen MR) is 124 cm³/mol. The average Bonchev–Trinajstić information content (AvgIpc) is 2.82. The Balaban J connectivity index is 1.98. The summed E-state index contributed by atoms with van der Waals surface area (Å²) in [5.74, 6) is -0.779. The van der Waals surface area contributed by atoms with Gasteiger partial charge in [-0.2, -0.15) is 26.3 Å². The fraction of sp³-hybridized carbons (Fsp3) is 0.500. The van der Waals surface area contributed by atoms with Gasteiger partial charge in [-0.05, 0) is 61.9 Å². The quantitative estimate of drug-likeness (QED) is 0.454. The maximum atomic E-state index is 13.4. The number of halogens is 6. The van der Waals surface area contributed by atoms with Crippen molar-refractivity contribution in [2.45, 2.75) is 56.8 Å². The van der Waals surface area contributed by atoms with Crippen molar-refractivity contribution in [3.05, 3.63) is 70.8 Å². The van der Waals surface area contributed by atoms with Gasteiger partial charge in [0, 0.05) is 6.54 Å². The zero-order valence-electron chi connectivity index (χ0n) is 20.4. The molecule has 0 bridgehead atoms. The van der Waals surface area contributed by atoms with E-state index in [1.54, 1.807) is 30.0 Å². The highest BCUT2D eigenvalue weighted by Gasteiger charge is 2.45. The second kappa shape index (κ2) is 11.0. The van der Waals surface area contributed by atoms with Gasteiger partial charge in [0.1, 0.15) is 0 Å². The Labute approximate surface area is 211 Å². The summed E-state index contributed by atoms with van der Waals surface area (Å²) >= 11 is 0. The number of carbonyl (C=O) groups is 1. The molecule has 37 heavy (non-hydrogen) atoms. The van der Waals surface area contributed by atoms with Crippen LogP contribution in [0.5, 0.6) is 0 Å². The van der Waals surface area contributed by atoms with E-state index >= 15 is 0 Å². The standard InChI is InChI=1S/C26H30F6N2O3/c1-16(35)18-8-9-24(20-6-4-3-5-7-20,34(13-18)14-23(33)36)15-37-17(2)19-10-21(25(27,28)29)12-22(11-19)26(30,31)32/h3-7,10-12,16-18,35H,8-9,13-15H2,1-2H3,(H2,33,36)/t16?,17-,18+,24-/m1/s1. The second-order valence-electron chi connectivity index (χ2n) is 9.58. The molecule has 2 aromatic carbocycles. The van der Waals surface area contributed by atoms with E-state index in [0.29, 0.717) is 31.5 Å². The highest BCUT2D eigenvalue weighted by molar-refractivity contribution is 5.76. The maximum absolute atomic E-state index is 13.4. The van der Waals surface area contributed by atoms with Crippen LogP contribution in [0, 0.1) is 5.92 Å². The number of alkyl halides is 6. The van der Waals surface area contributed by atoms with Crippen LogP contribution in [0.2, 0.25) is 0 Å². The Morgan fingerprint density at radius 3 is 2.14 bits per heavy atom. The molecule has 1 unspecified atom stereocenters. The lowest BCUT2D eigenvalue weighted by atomic mass is 9.76. The number of piperidine rings is 1. The minimum atomic E-state index is -4.97. The van der Waals surface area contributed by atoms with Gasteiger partial charge < -0.3 is 15.6 Å². The normalized spacial score (nSPS) is 23.0. The smallest absolute Gasteiger partial charge is 0.393 e. The molecule has 1 saturated heterocycles. The first-order chi connectivity index (χ1) is 17.1. The molecule has 3 rings (SSSR count).